The summed E-state index contributed by atoms with van der Waals surface area (Å²) in [6, 6.07) is 0. The van der Waals surface area contributed by atoms with E-state index in [0.717, 1.165) is 26.1 Å². The molecule has 1 fully saturated rings. The zero-order chi connectivity index (χ0) is 14.5. The molecule has 0 aromatic heterocycles. The Morgan fingerprint density at radius 1 is 0.550 bits per heavy atom. The maximum atomic E-state index is 6.05. The van der Waals surface area contributed by atoms with Crippen molar-refractivity contribution in [2.45, 2.75) is 103 Å². The summed E-state index contributed by atoms with van der Waals surface area (Å²) in [5.41, 5.74) is 0. The molecule has 1 aliphatic rings. The van der Waals surface area contributed by atoms with Gasteiger partial charge in [-0.05, 0) is 26.7 Å². The van der Waals surface area contributed by atoms with Gasteiger partial charge in [0.2, 0.25) is 0 Å². The van der Waals surface area contributed by atoms with Crippen molar-refractivity contribution in [3.05, 3.63) is 0 Å². The molecular formula is C18H36O2. The Morgan fingerprint density at radius 3 is 1.15 bits per heavy atom. The largest absolute Gasteiger partial charge is 0.350 e. The lowest BCUT2D eigenvalue weighted by molar-refractivity contribution is -0.242. The first-order chi connectivity index (χ1) is 9.83. The van der Waals surface area contributed by atoms with Crippen molar-refractivity contribution in [3.63, 3.8) is 0 Å². The Kier molecular flexibility index (Phi) is 10.4. The van der Waals surface area contributed by atoms with Gasteiger partial charge >= 0.3 is 0 Å². The third-order valence-corrected chi connectivity index (χ3v) is 4.43. The van der Waals surface area contributed by atoms with Crippen LogP contribution in [0.4, 0.5) is 0 Å². The van der Waals surface area contributed by atoms with Crippen LogP contribution < -0.4 is 0 Å². The third kappa shape index (κ3) is 7.64. The van der Waals surface area contributed by atoms with Crippen molar-refractivity contribution in [1.82, 2.24) is 0 Å². The quantitative estimate of drug-likeness (QED) is 0.604. The van der Waals surface area contributed by atoms with Crippen molar-refractivity contribution in [2.75, 3.05) is 13.2 Å². The summed E-state index contributed by atoms with van der Waals surface area (Å²) in [5.74, 6) is -0.284. The van der Waals surface area contributed by atoms with Gasteiger partial charge < -0.3 is 9.47 Å². The fourth-order valence-electron chi connectivity index (χ4n) is 3.36. The molecule has 2 nitrogen and oxygen atoms in total. The second-order valence-electron chi connectivity index (χ2n) is 6.17. The zero-order valence-electron chi connectivity index (χ0n) is 13.9. The minimum absolute atomic E-state index is 0.284. The van der Waals surface area contributed by atoms with E-state index in [1.54, 1.807) is 0 Å². The van der Waals surface area contributed by atoms with Gasteiger partial charge in [-0.1, -0.05) is 57.8 Å². The highest BCUT2D eigenvalue weighted by molar-refractivity contribution is 4.71. The number of hydrogen-bond acceptors (Lipinski definition) is 2. The molecule has 0 atom stereocenters. The molecule has 0 saturated heterocycles. The third-order valence-electron chi connectivity index (χ3n) is 4.43. The first-order valence-electron chi connectivity index (χ1n) is 9.11. The van der Waals surface area contributed by atoms with Gasteiger partial charge in [-0.25, -0.2) is 0 Å². The van der Waals surface area contributed by atoms with Gasteiger partial charge in [-0.2, -0.15) is 0 Å². The Bertz CT molecular complexity index is 193. The molecule has 0 spiro atoms. The molecule has 0 heterocycles. The molecule has 2 heteroatoms. The fraction of sp³-hybridized carbons (Fsp3) is 1.00. The van der Waals surface area contributed by atoms with E-state index in [1.165, 1.54) is 70.6 Å². The van der Waals surface area contributed by atoms with Crippen LogP contribution in [-0.4, -0.2) is 19.0 Å². The van der Waals surface area contributed by atoms with Crippen molar-refractivity contribution in [1.29, 1.82) is 0 Å². The van der Waals surface area contributed by atoms with Gasteiger partial charge in [0.25, 0.3) is 0 Å². The number of ether oxygens (including phenoxy) is 2. The van der Waals surface area contributed by atoms with Crippen molar-refractivity contribution in [3.8, 4) is 0 Å². The van der Waals surface area contributed by atoms with Gasteiger partial charge in [-0.3, -0.25) is 0 Å². The zero-order valence-corrected chi connectivity index (χ0v) is 13.9. The topological polar surface area (TPSA) is 18.5 Å². The van der Waals surface area contributed by atoms with E-state index < -0.39 is 0 Å². The molecule has 0 unspecified atom stereocenters. The van der Waals surface area contributed by atoms with E-state index in [4.69, 9.17) is 9.47 Å². The molecule has 0 aromatic carbocycles. The van der Waals surface area contributed by atoms with E-state index in [1.807, 2.05) is 0 Å². The average Bonchev–Trinajstić information content (AvgIpc) is 2.44. The summed E-state index contributed by atoms with van der Waals surface area (Å²) in [5, 5.41) is 0. The monoisotopic (exact) mass is 284 g/mol. The highest BCUT2D eigenvalue weighted by Crippen LogP contribution is 2.29. The Balaban J connectivity index is 2.49. The Labute approximate surface area is 126 Å². The maximum absolute atomic E-state index is 6.05. The molecule has 1 rings (SSSR count). The highest BCUT2D eigenvalue weighted by Gasteiger charge is 2.30. The summed E-state index contributed by atoms with van der Waals surface area (Å²) < 4.78 is 12.1. The van der Waals surface area contributed by atoms with Crippen LogP contribution in [0.3, 0.4) is 0 Å². The lowest BCUT2D eigenvalue weighted by Crippen LogP contribution is -2.36. The maximum Gasteiger partial charge on any atom is 0.168 e. The van der Waals surface area contributed by atoms with E-state index in [2.05, 4.69) is 13.8 Å². The molecule has 1 aliphatic carbocycles. The molecule has 0 aliphatic heterocycles. The smallest absolute Gasteiger partial charge is 0.168 e. The fourth-order valence-corrected chi connectivity index (χ4v) is 3.36. The first-order valence-corrected chi connectivity index (χ1v) is 9.11. The second-order valence-corrected chi connectivity index (χ2v) is 6.17. The lowest BCUT2D eigenvalue weighted by atomic mass is 9.97. The minimum Gasteiger partial charge on any atom is -0.350 e. The average molecular weight is 284 g/mol. The molecule has 0 N–H and O–H groups in total. The summed E-state index contributed by atoms with van der Waals surface area (Å²) >= 11 is 0. The molecule has 20 heavy (non-hydrogen) atoms. The van der Waals surface area contributed by atoms with Crippen LogP contribution in [0.5, 0.6) is 0 Å². The molecule has 1 saturated carbocycles. The van der Waals surface area contributed by atoms with Gasteiger partial charge in [0.15, 0.2) is 5.79 Å². The first kappa shape index (κ1) is 18.0. The highest BCUT2D eigenvalue weighted by atomic mass is 16.7. The molecular weight excluding hydrogens is 248 g/mol. The van der Waals surface area contributed by atoms with Crippen molar-refractivity contribution >= 4 is 0 Å². The van der Waals surface area contributed by atoms with Gasteiger partial charge in [-0.15, -0.1) is 0 Å². The van der Waals surface area contributed by atoms with E-state index >= 15 is 0 Å². The Hall–Kier alpha value is -0.0800. The summed E-state index contributed by atoms with van der Waals surface area (Å²) in [4.78, 5) is 0. The van der Waals surface area contributed by atoms with Crippen LogP contribution >= 0.6 is 0 Å². The summed E-state index contributed by atoms with van der Waals surface area (Å²) in [7, 11) is 0. The van der Waals surface area contributed by atoms with Gasteiger partial charge in [0.1, 0.15) is 0 Å². The molecule has 0 bridgehead atoms. The number of rotatable bonds is 4. The SMILES string of the molecule is CCOC1(OCC)CCCCCCCCCCCCC1. The van der Waals surface area contributed by atoms with Crippen LogP contribution in [0.1, 0.15) is 97.3 Å². The minimum atomic E-state index is -0.284. The van der Waals surface area contributed by atoms with E-state index in [0.29, 0.717) is 0 Å². The standard InChI is InChI=1S/C18H36O2/c1-3-19-18(20-4-2)16-14-12-10-8-6-5-7-9-11-13-15-17-18/h3-17H2,1-2H3. The normalized spacial score (nSPS) is 23.1. The van der Waals surface area contributed by atoms with Gasteiger partial charge in [0, 0.05) is 26.1 Å². The Morgan fingerprint density at radius 2 is 0.850 bits per heavy atom. The van der Waals surface area contributed by atoms with Crippen LogP contribution in [-0.2, 0) is 9.47 Å². The van der Waals surface area contributed by atoms with Crippen molar-refractivity contribution < 1.29 is 9.47 Å². The van der Waals surface area contributed by atoms with Crippen LogP contribution in [0.2, 0.25) is 0 Å². The van der Waals surface area contributed by atoms with Gasteiger partial charge in [0.05, 0.1) is 0 Å². The summed E-state index contributed by atoms with van der Waals surface area (Å²) in [6.45, 7) is 5.71. The molecule has 0 amide bonds. The van der Waals surface area contributed by atoms with Crippen LogP contribution in [0, 0.1) is 0 Å². The van der Waals surface area contributed by atoms with Crippen LogP contribution in [0.25, 0.3) is 0 Å². The van der Waals surface area contributed by atoms with Crippen molar-refractivity contribution in [2.24, 2.45) is 0 Å². The summed E-state index contributed by atoms with van der Waals surface area (Å²) in [6.07, 6.45) is 17.2. The predicted octanol–water partition coefficient (Wildman–Crippen LogP) is 5.84. The predicted molar refractivity (Wildman–Crippen MR) is 86.0 cm³/mol. The van der Waals surface area contributed by atoms with E-state index in [-0.39, 0.29) is 5.79 Å². The molecule has 0 aromatic rings. The van der Waals surface area contributed by atoms with Crippen LogP contribution in [0.15, 0.2) is 0 Å². The lowest BCUT2D eigenvalue weighted by Gasteiger charge is -2.33. The molecule has 120 valence electrons. The molecule has 0 radical (unpaired) electrons. The van der Waals surface area contributed by atoms with E-state index in [9.17, 15) is 0 Å². The number of hydrogen-bond donors (Lipinski definition) is 0. The second kappa shape index (κ2) is 11.6.